The first-order valence-corrected chi connectivity index (χ1v) is 9.34. The molecule has 6 nitrogen and oxygen atoms in total. The zero-order valence-corrected chi connectivity index (χ0v) is 15.3. The lowest BCUT2D eigenvalue weighted by Crippen LogP contribution is -2.26. The van der Waals surface area contributed by atoms with Crippen LogP contribution in [0.1, 0.15) is 67.3 Å². The highest BCUT2D eigenvalue weighted by Gasteiger charge is 2.35. The number of anilines is 1. The van der Waals surface area contributed by atoms with E-state index in [2.05, 4.69) is 5.32 Å². The summed E-state index contributed by atoms with van der Waals surface area (Å²) in [6.45, 7) is 1.99. The number of hydrogen-bond donors (Lipinski definition) is 2. The van der Waals surface area contributed by atoms with Crippen molar-refractivity contribution in [3.63, 3.8) is 0 Å². The molecule has 1 amide bonds. The molecule has 0 unspecified atom stereocenters. The van der Waals surface area contributed by atoms with Crippen molar-refractivity contribution in [2.45, 2.75) is 57.4 Å². The van der Waals surface area contributed by atoms with Crippen molar-refractivity contribution in [3.8, 4) is 11.5 Å². The highest BCUT2D eigenvalue weighted by molar-refractivity contribution is 5.94. The molecule has 1 aromatic carbocycles. The molecule has 1 fully saturated rings. The van der Waals surface area contributed by atoms with Crippen molar-refractivity contribution in [2.75, 3.05) is 12.4 Å². The second kappa shape index (κ2) is 6.67. The fraction of sp³-hybridized carbons (Fsp3) is 0.500. The van der Waals surface area contributed by atoms with Gasteiger partial charge in [-0.15, -0.1) is 0 Å². The number of carbonyl (C=O) groups excluding carboxylic acids is 1. The van der Waals surface area contributed by atoms with Gasteiger partial charge < -0.3 is 15.2 Å². The van der Waals surface area contributed by atoms with Crippen molar-refractivity contribution < 1.29 is 14.6 Å². The number of phenolic OH excluding ortho intramolecular Hbond substituents is 1. The van der Waals surface area contributed by atoms with Crippen LogP contribution < -0.4 is 10.1 Å². The largest absolute Gasteiger partial charge is 0.508 e. The molecule has 2 N–H and O–H groups in total. The van der Waals surface area contributed by atoms with Crippen LogP contribution in [0.3, 0.4) is 0 Å². The first-order chi connectivity index (χ1) is 12.6. The number of amides is 1. The van der Waals surface area contributed by atoms with E-state index in [1.807, 2.05) is 17.7 Å². The van der Waals surface area contributed by atoms with E-state index in [1.54, 1.807) is 19.2 Å². The molecule has 1 aromatic heterocycles. The van der Waals surface area contributed by atoms with Crippen LogP contribution in [-0.2, 0) is 4.79 Å². The van der Waals surface area contributed by atoms with Crippen LogP contribution >= 0.6 is 0 Å². The number of hydrogen-bond acceptors (Lipinski definition) is 4. The van der Waals surface area contributed by atoms with Gasteiger partial charge in [-0.1, -0.05) is 19.3 Å². The van der Waals surface area contributed by atoms with E-state index in [9.17, 15) is 9.90 Å². The lowest BCUT2D eigenvalue weighted by atomic mass is 9.85. The third-order valence-corrected chi connectivity index (χ3v) is 5.66. The van der Waals surface area contributed by atoms with E-state index in [-0.39, 0.29) is 17.6 Å². The number of rotatable bonds is 3. The zero-order chi connectivity index (χ0) is 18.3. The number of ether oxygens (including phenoxy) is 1. The predicted octanol–water partition coefficient (Wildman–Crippen LogP) is 3.89. The van der Waals surface area contributed by atoms with Crippen molar-refractivity contribution in [2.24, 2.45) is 0 Å². The van der Waals surface area contributed by atoms with Crippen LogP contribution in [0.5, 0.6) is 11.5 Å². The number of nitrogens with zero attached hydrogens (tertiary/aromatic N) is 2. The van der Waals surface area contributed by atoms with Crippen LogP contribution in [-0.4, -0.2) is 27.9 Å². The Morgan fingerprint density at radius 1 is 1.27 bits per heavy atom. The summed E-state index contributed by atoms with van der Waals surface area (Å²) >= 11 is 0. The minimum absolute atomic E-state index is 0.0401. The summed E-state index contributed by atoms with van der Waals surface area (Å²) < 4.78 is 7.33. The van der Waals surface area contributed by atoms with E-state index in [0.29, 0.717) is 23.8 Å². The highest BCUT2D eigenvalue weighted by Crippen LogP contribution is 2.45. The number of fused-ring (bicyclic) bond motifs is 1. The van der Waals surface area contributed by atoms with Gasteiger partial charge in [0.25, 0.3) is 0 Å². The van der Waals surface area contributed by atoms with Gasteiger partial charge in [0, 0.05) is 23.5 Å². The monoisotopic (exact) mass is 355 g/mol. The quantitative estimate of drug-likeness (QED) is 0.876. The van der Waals surface area contributed by atoms with Crippen molar-refractivity contribution in [1.29, 1.82) is 0 Å². The molecule has 26 heavy (non-hydrogen) atoms. The van der Waals surface area contributed by atoms with Crippen molar-refractivity contribution in [1.82, 2.24) is 9.78 Å². The molecule has 1 saturated carbocycles. The lowest BCUT2D eigenvalue weighted by molar-refractivity contribution is -0.116. The zero-order valence-electron chi connectivity index (χ0n) is 15.3. The molecule has 2 aromatic rings. The molecule has 0 saturated heterocycles. The van der Waals surface area contributed by atoms with E-state index in [1.165, 1.54) is 19.3 Å². The summed E-state index contributed by atoms with van der Waals surface area (Å²) in [4.78, 5) is 12.5. The number of methoxy groups -OCH3 is 1. The van der Waals surface area contributed by atoms with E-state index >= 15 is 0 Å². The second-order valence-electron chi connectivity index (χ2n) is 7.31. The van der Waals surface area contributed by atoms with Crippen LogP contribution in [0.2, 0.25) is 0 Å². The molecule has 0 bridgehead atoms. The Kier molecular flexibility index (Phi) is 4.34. The number of carbonyl (C=O) groups is 1. The van der Waals surface area contributed by atoms with Gasteiger partial charge in [0.2, 0.25) is 5.91 Å². The third kappa shape index (κ3) is 2.83. The number of nitrogens with one attached hydrogen (secondary N) is 1. The van der Waals surface area contributed by atoms with Crippen LogP contribution in [0, 0.1) is 6.92 Å². The minimum Gasteiger partial charge on any atom is -0.508 e. The molecule has 2 aliphatic rings. The van der Waals surface area contributed by atoms with Gasteiger partial charge in [-0.2, -0.15) is 5.10 Å². The predicted molar refractivity (Wildman–Crippen MR) is 98.8 cm³/mol. The molecule has 1 atom stereocenters. The van der Waals surface area contributed by atoms with E-state index in [4.69, 9.17) is 9.84 Å². The van der Waals surface area contributed by atoms with E-state index in [0.717, 1.165) is 29.9 Å². The molecule has 4 rings (SSSR count). The van der Waals surface area contributed by atoms with Gasteiger partial charge in [0.1, 0.15) is 17.3 Å². The standard InChI is InChI=1S/C20H25N3O3/c1-12-19-16(15-10-14(26-2)8-9-17(15)24)11-18(25)21-20(19)23(22-12)13-6-4-3-5-7-13/h8-10,13,16,24H,3-7,11H2,1-2H3,(H,21,25)/t16-/m0/s1. The maximum Gasteiger partial charge on any atom is 0.226 e. The smallest absolute Gasteiger partial charge is 0.226 e. The highest BCUT2D eigenvalue weighted by atomic mass is 16.5. The van der Waals surface area contributed by atoms with Gasteiger partial charge in [-0.3, -0.25) is 4.79 Å². The summed E-state index contributed by atoms with van der Waals surface area (Å²) in [5.41, 5.74) is 2.64. The van der Waals surface area contributed by atoms with Crippen LogP contribution in [0.25, 0.3) is 0 Å². The van der Waals surface area contributed by atoms with Gasteiger partial charge in [0.05, 0.1) is 18.8 Å². The molecule has 0 spiro atoms. The summed E-state index contributed by atoms with van der Waals surface area (Å²) in [7, 11) is 1.60. The lowest BCUT2D eigenvalue weighted by Gasteiger charge is -2.28. The second-order valence-corrected chi connectivity index (χ2v) is 7.31. The third-order valence-electron chi connectivity index (χ3n) is 5.66. The number of aryl methyl sites for hydroxylation is 1. The molecular formula is C20H25N3O3. The average Bonchev–Trinajstić information content (AvgIpc) is 2.99. The maximum absolute atomic E-state index is 12.5. The minimum atomic E-state index is -0.216. The van der Waals surface area contributed by atoms with Gasteiger partial charge in [-0.25, -0.2) is 4.68 Å². The molecule has 138 valence electrons. The first-order valence-electron chi connectivity index (χ1n) is 9.34. The van der Waals surface area contributed by atoms with Crippen LogP contribution in [0.4, 0.5) is 5.82 Å². The SMILES string of the molecule is COc1ccc(O)c([C@@H]2CC(=O)Nc3c2c(C)nn3C2CCCCC2)c1. The summed E-state index contributed by atoms with van der Waals surface area (Å²) in [6, 6.07) is 5.51. The Balaban J connectivity index is 1.81. The molecule has 1 aliphatic carbocycles. The Labute approximate surface area is 153 Å². The van der Waals surface area contributed by atoms with Gasteiger partial charge in [0.15, 0.2) is 0 Å². The van der Waals surface area contributed by atoms with Gasteiger partial charge in [-0.05, 0) is 38.0 Å². The van der Waals surface area contributed by atoms with Crippen molar-refractivity contribution in [3.05, 3.63) is 35.0 Å². The summed E-state index contributed by atoms with van der Waals surface area (Å²) in [5.74, 6) is 1.40. The summed E-state index contributed by atoms with van der Waals surface area (Å²) in [6.07, 6.45) is 6.16. The molecular weight excluding hydrogens is 330 g/mol. The number of benzene rings is 1. The topological polar surface area (TPSA) is 76.4 Å². The fourth-order valence-corrected chi connectivity index (χ4v) is 4.37. The van der Waals surface area contributed by atoms with Gasteiger partial charge >= 0.3 is 0 Å². The summed E-state index contributed by atoms with van der Waals surface area (Å²) in [5, 5.41) is 18.3. The first kappa shape index (κ1) is 16.9. The Hall–Kier alpha value is -2.50. The van der Waals surface area contributed by atoms with E-state index < -0.39 is 0 Å². The Bertz CT molecular complexity index is 837. The normalized spacial score (nSPS) is 20.5. The Morgan fingerprint density at radius 2 is 2.04 bits per heavy atom. The fourth-order valence-electron chi connectivity index (χ4n) is 4.37. The Morgan fingerprint density at radius 3 is 2.77 bits per heavy atom. The molecule has 2 heterocycles. The number of phenols is 1. The molecule has 0 radical (unpaired) electrons. The molecule has 1 aliphatic heterocycles. The number of aromatic hydroxyl groups is 1. The average molecular weight is 355 g/mol. The van der Waals surface area contributed by atoms with Crippen LogP contribution in [0.15, 0.2) is 18.2 Å². The van der Waals surface area contributed by atoms with Crippen molar-refractivity contribution >= 4 is 11.7 Å². The number of aromatic nitrogens is 2. The maximum atomic E-state index is 12.5. The molecule has 6 heteroatoms.